The van der Waals surface area contributed by atoms with Crippen LogP contribution in [-0.2, 0) is 9.59 Å². The number of carbonyl (C=O) groups excluding carboxylic acids is 1. The Morgan fingerprint density at radius 1 is 0.923 bits per heavy atom. The average Bonchev–Trinajstić information content (AvgIpc) is 2.65. The maximum absolute atomic E-state index is 12.6. The highest BCUT2D eigenvalue weighted by atomic mass is 16.5. The van der Waals surface area contributed by atoms with Gasteiger partial charge >= 0.3 is 5.97 Å². The van der Waals surface area contributed by atoms with Crippen molar-refractivity contribution < 1.29 is 19.4 Å². The third-order valence-corrected chi connectivity index (χ3v) is 4.78. The number of benzene rings is 2. The Morgan fingerprint density at radius 2 is 1.46 bits per heavy atom. The maximum atomic E-state index is 12.6. The van der Waals surface area contributed by atoms with Crippen molar-refractivity contribution in [3.8, 4) is 11.5 Å². The highest BCUT2D eigenvalue weighted by molar-refractivity contribution is 6.08. The molecule has 0 saturated heterocycles. The van der Waals surface area contributed by atoms with Crippen LogP contribution < -0.4 is 15.8 Å². The predicted molar refractivity (Wildman–Crippen MR) is 99.2 cm³/mol. The second-order valence-corrected chi connectivity index (χ2v) is 6.60. The molecule has 3 rings (SSSR count). The fourth-order valence-corrected chi connectivity index (χ4v) is 3.22. The molecule has 26 heavy (non-hydrogen) atoms. The van der Waals surface area contributed by atoms with Crippen molar-refractivity contribution in [3.63, 3.8) is 0 Å². The van der Waals surface area contributed by atoms with E-state index in [0.717, 1.165) is 19.3 Å². The molecule has 6 heteroatoms. The van der Waals surface area contributed by atoms with Crippen molar-refractivity contribution >= 4 is 23.3 Å². The second kappa shape index (κ2) is 7.47. The summed E-state index contributed by atoms with van der Waals surface area (Å²) in [7, 11) is 0. The lowest BCUT2D eigenvalue weighted by molar-refractivity contribution is -0.156. The summed E-state index contributed by atoms with van der Waals surface area (Å²) >= 11 is 0. The first-order valence-electron chi connectivity index (χ1n) is 8.68. The summed E-state index contributed by atoms with van der Waals surface area (Å²) in [6.45, 7) is 0. The van der Waals surface area contributed by atoms with Gasteiger partial charge in [0, 0.05) is 11.4 Å². The van der Waals surface area contributed by atoms with Gasteiger partial charge in [0.25, 0.3) is 0 Å². The zero-order valence-electron chi connectivity index (χ0n) is 14.4. The molecule has 0 spiro atoms. The summed E-state index contributed by atoms with van der Waals surface area (Å²) < 4.78 is 5.71. The SMILES string of the molecule is Nc1ccc(Oc2ccc(NC(=O)C3(C(=O)O)CCCCC3)cc2)cc1. The summed E-state index contributed by atoms with van der Waals surface area (Å²) in [4.78, 5) is 24.3. The lowest BCUT2D eigenvalue weighted by Gasteiger charge is -2.31. The quantitative estimate of drug-likeness (QED) is 0.556. The maximum Gasteiger partial charge on any atom is 0.319 e. The van der Waals surface area contributed by atoms with Crippen molar-refractivity contribution in [1.29, 1.82) is 0 Å². The molecule has 1 aliphatic rings. The van der Waals surface area contributed by atoms with Crippen LogP contribution in [0.15, 0.2) is 48.5 Å². The zero-order chi connectivity index (χ0) is 18.6. The van der Waals surface area contributed by atoms with Crippen LogP contribution in [0.25, 0.3) is 0 Å². The number of carboxylic acid groups (broad SMARTS) is 1. The van der Waals surface area contributed by atoms with Crippen molar-refractivity contribution in [2.24, 2.45) is 5.41 Å². The Bertz CT molecular complexity index is 778. The summed E-state index contributed by atoms with van der Waals surface area (Å²) in [5, 5.41) is 12.3. The van der Waals surface area contributed by atoms with Gasteiger partial charge in [-0.3, -0.25) is 9.59 Å². The fraction of sp³-hybridized carbons (Fsp3) is 0.300. The molecular weight excluding hydrogens is 332 g/mol. The molecule has 1 fully saturated rings. The lowest BCUT2D eigenvalue weighted by Crippen LogP contribution is -2.44. The number of aliphatic carboxylic acids is 1. The van der Waals surface area contributed by atoms with Crippen molar-refractivity contribution in [1.82, 2.24) is 0 Å². The number of anilines is 2. The number of amides is 1. The molecule has 1 saturated carbocycles. The Morgan fingerprint density at radius 3 is 2.00 bits per heavy atom. The molecule has 0 unspecified atom stereocenters. The lowest BCUT2D eigenvalue weighted by atomic mass is 9.73. The smallest absolute Gasteiger partial charge is 0.319 e. The largest absolute Gasteiger partial charge is 0.480 e. The van der Waals surface area contributed by atoms with Crippen LogP contribution >= 0.6 is 0 Å². The molecule has 0 aliphatic heterocycles. The molecule has 0 radical (unpaired) electrons. The molecule has 6 nitrogen and oxygen atoms in total. The number of hydrogen-bond donors (Lipinski definition) is 3. The van der Waals surface area contributed by atoms with Crippen LogP contribution in [0, 0.1) is 5.41 Å². The number of carboxylic acids is 1. The van der Waals surface area contributed by atoms with Gasteiger partial charge in [-0.15, -0.1) is 0 Å². The molecule has 2 aromatic rings. The Labute approximate surface area is 152 Å². The molecule has 1 amide bonds. The number of rotatable bonds is 5. The van der Waals surface area contributed by atoms with Gasteiger partial charge in [-0.2, -0.15) is 0 Å². The number of nitrogens with one attached hydrogen (secondary N) is 1. The molecule has 1 aliphatic carbocycles. The van der Waals surface area contributed by atoms with Crippen molar-refractivity contribution in [2.75, 3.05) is 11.1 Å². The van der Waals surface area contributed by atoms with E-state index in [1.165, 1.54) is 0 Å². The molecule has 0 heterocycles. The predicted octanol–water partition coefficient (Wildman–Crippen LogP) is 4.03. The van der Waals surface area contributed by atoms with Crippen molar-refractivity contribution in [3.05, 3.63) is 48.5 Å². The highest BCUT2D eigenvalue weighted by Crippen LogP contribution is 2.38. The van der Waals surface area contributed by atoms with E-state index in [-0.39, 0.29) is 0 Å². The van der Waals surface area contributed by atoms with Gasteiger partial charge in [-0.25, -0.2) is 0 Å². The topological polar surface area (TPSA) is 102 Å². The molecule has 0 aromatic heterocycles. The van der Waals surface area contributed by atoms with E-state index in [4.69, 9.17) is 10.5 Å². The van der Waals surface area contributed by atoms with E-state index in [1.807, 2.05) is 0 Å². The van der Waals surface area contributed by atoms with Crippen molar-refractivity contribution in [2.45, 2.75) is 32.1 Å². The molecule has 136 valence electrons. The van der Waals surface area contributed by atoms with Crippen LogP contribution in [0.4, 0.5) is 11.4 Å². The number of nitrogen functional groups attached to an aromatic ring is 1. The minimum absolute atomic E-state index is 0.381. The number of hydrogen-bond acceptors (Lipinski definition) is 4. The van der Waals surface area contributed by atoms with Gasteiger partial charge < -0.3 is 20.9 Å². The van der Waals surface area contributed by atoms with Gasteiger partial charge in [0.2, 0.25) is 5.91 Å². The summed E-state index contributed by atoms with van der Waals surface area (Å²) in [5.41, 5.74) is 5.53. The van der Waals surface area contributed by atoms with E-state index in [0.29, 0.717) is 35.7 Å². The van der Waals surface area contributed by atoms with Crippen LogP contribution in [0.3, 0.4) is 0 Å². The van der Waals surface area contributed by atoms with Gasteiger partial charge in [-0.05, 0) is 61.4 Å². The molecule has 0 bridgehead atoms. The van der Waals surface area contributed by atoms with Crippen LogP contribution in [0.5, 0.6) is 11.5 Å². The molecular formula is C20H22N2O4. The minimum atomic E-state index is -1.32. The molecule has 0 atom stereocenters. The van der Waals surface area contributed by atoms with E-state index in [2.05, 4.69) is 5.32 Å². The van der Waals surface area contributed by atoms with E-state index in [9.17, 15) is 14.7 Å². The summed E-state index contributed by atoms with van der Waals surface area (Å²) in [5.74, 6) is -0.226. The average molecular weight is 354 g/mol. The number of ether oxygens (including phenoxy) is 1. The van der Waals surface area contributed by atoms with Gasteiger partial charge in [-0.1, -0.05) is 19.3 Å². The molecule has 4 N–H and O–H groups in total. The third kappa shape index (κ3) is 3.79. The Hall–Kier alpha value is -3.02. The number of carbonyl (C=O) groups is 2. The standard InChI is InChI=1S/C20H22N2O4/c21-14-4-8-16(9-5-14)26-17-10-6-15(7-11-17)22-18(23)20(19(24)25)12-2-1-3-13-20/h4-11H,1-3,12-13,21H2,(H,22,23)(H,24,25). The first kappa shape index (κ1) is 17.8. The van der Waals surface area contributed by atoms with Gasteiger partial charge in [0.1, 0.15) is 16.9 Å². The fourth-order valence-electron chi connectivity index (χ4n) is 3.22. The molecule has 2 aromatic carbocycles. The van der Waals surface area contributed by atoms with E-state index in [1.54, 1.807) is 48.5 Å². The van der Waals surface area contributed by atoms with E-state index < -0.39 is 17.3 Å². The van der Waals surface area contributed by atoms with Crippen LogP contribution in [0.2, 0.25) is 0 Å². The second-order valence-electron chi connectivity index (χ2n) is 6.60. The zero-order valence-corrected chi connectivity index (χ0v) is 14.4. The normalized spacial score (nSPS) is 15.8. The Balaban J connectivity index is 1.67. The first-order valence-corrected chi connectivity index (χ1v) is 8.68. The minimum Gasteiger partial charge on any atom is -0.480 e. The highest BCUT2D eigenvalue weighted by Gasteiger charge is 2.46. The monoisotopic (exact) mass is 354 g/mol. The van der Waals surface area contributed by atoms with Crippen LogP contribution in [-0.4, -0.2) is 17.0 Å². The third-order valence-electron chi connectivity index (χ3n) is 4.78. The number of nitrogens with two attached hydrogens (primary N) is 1. The van der Waals surface area contributed by atoms with E-state index >= 15 is 0 Å². The summed E-state index contributed by atoms with van der Waals surface area (Å²) in [6, 6.07) is 13.9. The van der Waals surface area contributed by atoms with Crippen LogP contribution in [0.1, 0.15) is 32.1 Å². The Kier molecular flexibility index (Phi) is 5.11. The van der Waals surface area contributed by atoms with Gasteiger partial charge in [0.15, 0.2) is 0 Å². The first-order chi connectivity index (χ1) is 12.5. The summed E-state index contributed by atoms with van der Waals surface area (Å²) in [6.07, 6.45) is 3.25. The van der Waals surface area contributed by atoms with Gasteiger partial charge in [0.05, 0.1) is 0 Å².